The summed E-state index contributed by atoms with van der Waals surface area (Å²) in [5.74, 6) is -0.769. The van der Waals surface area contributed by atoms with Crippen molar-refractivity contribution >= 4 is 17.6 Å². The Morgan fingerprint density at radius 2 is 2.33 bits per heavy atom. The number of hydrogen-bond donors (Lipinski definition) is 1. The summed E-state index contributed by atoms with van der Waals surface area (Å²) in [6.07, 6.45) is 1.60. The third-order valence-electron chi connectivity index (χ3n) is 1.11. The van der Waals surface area contributed by atoms with E-state index in [1.807, 2.05) is 6.92 Å². The van der Waals surface area contributed by atoms with Crippen LogP contribution in [0.15, 0.2) is 0 Å². The number of aliphatic carboxylic acids is 1. The minimum atomic E-state index is -0.769. The Balaban J connectivity index is 3.16. The predicted molar refractivity (Wildman–Crippen MR) is 36.8 cm³/mol. The minimum absolute atomic E-state index is 0.0288. The number of carboxylic acids is 1. The summed E-state index contributed by atoms with van der Waals surface area (Å²) in [5, 5.41) is 8.23. The van der Waals surface area contributed by atoms with Crippen LogP contribution in [0.2, 0.25) is 0 Å². The second-order valence-electron chi connectivity index (χ2n) is 1.94. The SMILES string of the molecule is CCC(Cl)CCC(=O)O. The van der Waals surface area contributed by atoms with Crippen LogP contribution in [0.5, 0.6) is 0 Å². The quantitative estimate of drug-likeness (QED) is 0.622. The fourth-order valence-electron chi connectivity index (χ4n) is 0.484. The van der Waals surface area contributed by atoms with Gasteiger partial charge in [-0.05, 0) is 12.8 Å². The van der Waals surface area contributed by atoms with Gasteiger partial charge in [0.25, 0.3) is 0 Å². The summed E-state index contributed by atoms with van der Waals surface area (Å²) < 4.78 is 0. The average molecular weight is 151 g/mol. The highest BCUT2D eigenvalue weighted by molar-refractivity contribution is 6.20. The molecule has 0 aromatic carbocycles. The maximum atomic E-state index is 9.96. The van der Waals surface area contributed by atoms with Gasteiger partial charge in [-0.2, -0.15) is 0 Å². The van der Waals surface area contributed by atoms with Crippen LogP contribution in [0.4, 0.5) is 0 Å². The molecule has 0 rings (SSSR count). The van der Waals surface area contributed by atoms with Gasteiger partial charge in [-0.15, -0.1) is 11.6 Å². The molecule has 0 bridgehead atoms. The van der Waals surface area contributed by atoms with Gasteiger partial charge in [-0.25, -0.2) is 0 Å². The molecule has 0 aliphatic rings. The number of halogens is 1. The van der Waals surface area contributed by atoms with Crippen molar-refractivity contribution in [1.82, 2.24) is 0 Å². The van der Waals surface area contributed by atoms with E-state index in [0.29, 0.717) is 6.42 Å². The summed E-state index contributed by atoms with van der Waals surface area (Å²) in [6.45, 7) is 1.94. The first kappa shape index (κ1) is 8.76. The fourth-order valence-corrected chi connectivity index (χ4v) is 0.593. The molecule has 2 nitrogen and oxygen atoms in total. The Labute approximate surface area is 59.8 Å². The molecule has 1 unspecified atom stereocenters. The molecule has 0 radical (unpaired) electrons. The molecule has 1 atom stereocenters. The molecular formula is C6H11ClO2. The van der Waals surface area contributed by atoms with Crippen LogP contribution in [0.3, 0.4) is 0 Å². The van der Waals surface area contributed by atoms with E-state index in [4.69, 9.17) is 16.7 Å². The van der Waals surface area contributed by atoms with Gasteiger partial charge >= 0.3 is 5.97 Å². The zero-order valence-corrected chi connectivity index (χ0v) is 6.19. The van der Waals surface area contributed by atoms with Crippen LogP contribution in [-0.4, -0.2) is 16.5 Å². The first-order valence-corrected chi connectivity index (χ1v) is 3.46. The smallest absolute Gasteiger partial charge is 0.303 e. The fraction of sp³-hybridized carbons (Fsp3) is 0.833. The molecule has 0 heterocycles. The highest BCUT2D eigenvalue weighted by Gasteiger charge is 2.03. The molecule has 0 aliphatic carbocycles. The normalized spacial score (nSPS) is 13.1. The average Bonchev–Trinajstić information content (AvgIpc) is 1.83. The predicted octanol–water partition coefficient (Wildman–Crippen LogP) is 1.87. The third kappa shape index (κ3) is 5.63. The minimum Gasteiger partial charge on any atom is -0.481 e. The molecule has 0 fully saturated rings. The van der Waals surface area contributed by atoms with E-state index >= 15 is 0 Å². The molecule has 0 saturated carbocycles. The first-order chi connectivity index (χ1) is 4.16. The summed E-state index contributed by atoms with van der Waals surface area (Å²) in [4.78, 5) is 9.96. The first-order valence-electron chi connectivity index (χ1n) is 3.02. The molecule has 0 aromatic rings. The Bertz CT molecular complexity index is 93.1. The van der Waals surface area contributed by atoms with Gasteiger partial charge in [0.1, 0.15) is 0 Å². The number of carboxylic acid groups (broad SMARTS) is 1. The Kier molecular flexibility index (Phi) is 4.50. The van der Waals surface area contributed by atoms with Gasteiger partial charge in [0, 0.05) is 11.8 Å². The van der Waals surface area contributed by atoms with Crippen molar-refractivity contribution in [2.45, 2.75) is 31.6 Å². The van der Waals surface area contributed by atoms with Crippen molar-refractivity contribution in [2.75, 3.05) is 0 Å². The van der Waals surface area contributed by atoms with Crippen molar-refractivity contribution in [2.24, 2.45) is 0 Å². The van der Waals surface area contributed by atoms with Crippen molar-refractivity contribution < 1.29 is 9.90 Å². The van der Waals surface area contributed by atoms with E-state index < -0.39 is 5.97 Å². The summed E-state index contributed by atoms with van der Waals surface area (Å²) in [5.41, 5.74) is 0. The van der Waals surface area contributed by atoms with Crippen LogP contribution >= 0.6 is 11.6 Å². The molecule has 1 N–H and O–H groups in total. The molecule has 9 heavy (non-hydrogen) atoms. The van der Waals surface area contributed by atoms with E-state index in [1.54, 1.807) is 0 Å². The number of alkyl halides is 1. The van der Waals surface area contributed by atoms with E-state index in [-0.39, 0.29) is 11.8 Å². The molecule has 0 saturated heterocycles. The molecule has 0 spiro atoms. The van der Waals surface area contributed by atoms with E-state index in [1.165, 1.54) is 0 Å². The highest BCUT2D eigenvalue weighted by atomic mass is 35.5. The number of rotatable bonds is 4. The molecule has 54 valence electrons. The van der Waals surface area contributed by atoms with Crippen LogP contribution < -0.4 is 0 Å². The largest absolute Gasteiger partial charge is 0.481 e. The standard InChI is InChI=1S/C6H11ClO2/c1-2-5(7)3-4-6(8)9/h5H,2-4H2,1H3,(H,8,9). The van der Waals surface area contributed by atoms with E-state index in [9.17, 15) is 4.79 Å². The Morgan fingerprint density at radius 3 is 2.67 bits per heavy atom. The summed E-state index contributed by atoms with van der Waals surface area (Å²) in [7, 11) is 0. The number of hydrogen-bond acceptors (Lipinski definition) is 1. The van der Waals surface area contributed by atoms with Crippen molar-refractivity contribution in [1.29, 1.82) is 0 Å². The topological polar surface area (TPSA) is 37.3 Å². The van der Waals surface area contributed by atoms with Gasteiger partial charge in [0.05, 0.1) is 0 Å². The number of carbonyl (C=O) groups is 1. The monoisotopic (exact) mass is 150 g/mol. The van der Waals surface area contributed by atoms with Crippen LogP contribution in [0.1, 0.15) is 26.2 Å². The lowest BCUT2D eigenvalue weighted by atomic mass is 10.2. The van der Waals surface area contributed by atoms with Crippen LogP contribution in [0, 0.1) is 0 Å². The second kappa shape index (κ2) is 4.62. The molecule has 3 heteroatoms. The zero-order valence-electron chi connectivity index (χ0n) is 5.43. The van der Waals surface area contributed by atoms with Gasteiger partial charge in [-0.1, -0.05) is 6.92 Å². The highest BCUT2D eigenvalue weighted by Crippen LogP contribution is 2.08. The van der Waals surface area contributed by atoms with Crippen molar-refractivity contribution in [3.8, 4) is 0 Å². The van der Waals surface area contributed by atoms with Gasteiger partial charge in [0.2, 0.25) is 0 Å². The maximum Gasteiger partial charge on any atom is 0.303 e. The van der Waals surface area contributed by atoms with Crippen molar-refractivity contribution in [3.05, 3.63) is 0 Å². The van der Waals surface area contributed by atoms with E-state index in [2.05, 4.69) is 0 Å². The molecule has 0 aliphatic heterocycles. The summed E-state index contributed by atoms with van der Waals surface area (Å²) in [6, 6.07) is 0. The Morgan fingerprint density at radius 1 is 1.78 bits per heavy atom. The van der Waals surface area contributed by atoms with Gasteiger partial charge in [0.15, 0.2) is 0 Å². The molecular weight excluding hydrogens is 140 g/mol. The third-order valence-corrected chi connectivity index (χ3v) is 1.64. The van der Waals surface area contributed by atoms with Gasteiger partial charge < -0.3 is 5.11 Å². The van der Waals surface area contributed by atoms with Crippen LogP contribution in [0.25, 0.3) is 0 Å². The molecule has 0 amide bonds. The van der Waals surface area contributed by atoms with Crippen molar-refractivity contribution in [3.63, 3.8) is 0 Å². The second-order valence-corrected chi connectivity index (χ2v) is 2.56. The lowest BCUT2D eigenvalue weighted by molar-refractivity contribution is -0.137. The summed E-state index contributed by atoms with van der Waals surface area (Å²) >= 11 is 5.65. The van der Waals surface area contributed by atoms with E-state index in [0.717, 1.165) is 6.42 Å². The lowest BCUT2D eigenvalue weighted by Gasteiger charge is -2.00. The molecule has 0 aromatic heterocycles. The van der Waals surface area contributed by atoms with Crippen LogP contribution in [-0.2, 0) is 4.79 Å². The zero-order chi connectivity index (χ0) is 7.28. The lowest BCUT2D eigenvalue weighted by Crippen LogP contribution is -2.01. The maximum absolute atomic E-state index is 9.96. The van der Waals surface area contributed by atoms with Gasteiger partial charge in [-0.3, -0.25) is 4.79 Å². The Hall–Kier alpha value is -0.240.